The summed E-state index contributed by atoms with van der Waals surface area (Å²) in [5, 5.41) is 1.13. The molecule has 112 valence electrons. The van der Waals surface area contributed by atoms with E-state index in [1.807, 2.05) is 44.3 Å². The van der Waals surface area contributed by atoms with Gasteiger partial charge in [-0.3, -0.25) is 4.79 Å². The van der Waals surface area contributed by atoms with Gasteiger partial charge in [-0.25, -0.2) is 0 Å². The first kappa shape index (κ1) is 15.3. The lowest BCUT2D eigenvalue weighted by molar-refractivity contribution is -0.133. The summed E-state index contributed by atoms with van der Waals surface area (Å²) in [6.07, 6.45) is 4.20. The number of aromatic nitrogens is 1. The van der Waals surface area contributed by atoms with Crippen molar-refractivity contribution in [3.8, 4) is 0 Å². The Morgan fingerprint density at radius 1 is 1.43 bits per heavy atom. The smallest absolute Gasteiger partial charge is 0.240 e. The molecule has 1 atom stereocenters. The minimum absolute atomic E-state index is 0.0322. The van der Waals surface area contributed by atoms with Gasteiger partial charge in [-0.15, -0.1) is 6.58 Å². The molecule has 0 bridgehead atoms. The highest BCUT2D eigenvalue weighted by Crippen LogP contribution is 2.19. The molecule has 1 amide bonds. The second-order valence-corrected chi connectivity index (χ2v) is 5.54. The summed E-state index contributed by atoms with van der Waals surface area (Å²) < 4.78 is 0. The van der Waals surface area contributed by atoms with Crippen LogP contribution in [-0.4, -0.2) is 34.4 Å². The van der Waals surface area contributed by atoms with E-state index in [0.717, 1.165) is 16.5 Å². The molecule has 4 heteroatoms. The number of nitrogens with two attached hydrogens (primary N) is 1. The molecule has 0 saturated carbocycles. The molecule has 3 N–H and O–H groups in total. The Kier molecular flexibility index (Phi) is 4.81. The van der Waals surface area contributed by atoms with Gasteiger partial charge in [0.15, 0.2) is 0 Å². The molecule has 0 fully saturated rings. The van der Waals surface area contributed by atoms with Gasteiger partial charge in [0.25, 0.3) is 0 Å². The van der Waals surface area contributed by atoms with Crippen LogP contribution in [0.4, 0.5) is 0 Å². The first-order valence-corrected chi connectivity index (χ1v) is 7.26. The van der Waals surface area contributed by atoms with Crippen LogP contribution in [0.1, 0.15) is 19.4 Å². The Morgan fingerprint density at radius 2 is 2.14 bits per heavy atom. The second kappa shape index (κ2) is 6.59. The quantitative estimate of drug-likeness (QED) is 0.801. The average molecular weight is 285 g/mol. The predicted octanol–water partition coefficient (Wildman–Crippen LogP) is 2.46. The van der Waals surface area contributed by atoms with Crippen molar-refractivity contribution < 1.29 is 4.79 Å². The number of hydrogen-bond donors (Lipinski definition) is 2. The molecule has 1 heterocycles. The van der Waals surface area contributed by atoms with Crippen molar-refractivity contribution in [2.75, 3.05) is 6.54 Å². The minimum Gasteiger partial charge on any atom is -0.361 e. The van der Waals surface area contributed by atoms with Gasteiger partial charge in [-0.2, -0.15) is 0 Å². The number of rotatable bonds is 6. The van der Waals surface area contributed by atoms with Gasteiger partial charge in [-0.05, 0) is 31.9 Å². The number of nitrogens with one attached hydrogen (secondary N) is 1. The minimum atomic E-state index is -0.536. The molecule has 4 nitrogen and oxygen atoms in total. The van der Waals surface area contributed by atoms with Crippen molar-refractivity contribution >= 4 is 16.8 Å². The Bertz CT molecular complexity index is 630. The lowest BCUT2D eigenvalue weighted by Crippen LogP contribution is -2.47. The highest BCUT2D eigenvalue weighted by Gasteiger charge is 2.23. The average Bonchev–Trinajstić information content (AvgIpc) is 2.87. The fraction of sp³-hybridized carbons (Fsp3) is 0.353. The highest BCUT2D eigenvalue weighted by atomic mass is 16.2. The Labute approximate surface area is 125 Å². The summed E-state index contributed by atoms with van der Waals surface area (Å²) in [6.45, 7) is 8.20. The van der Waals surface area contributed by atoms with E-state index in [0.29, 0.717) is 13.0 Å². The second-order valence-electron chi connectivity index (χ2n) is 5.54. The van der Waals surface area contributed by atoms with E-state index in [-0.39, 0.29) is 11.9 Å². The van der Waals surface area contributed by atoms with Crippen LogP contribution in [0, 0.1) is 0 Å². The van der Waals surface area contributed by atoms with Crippen LogP contribution in [0.25, 0.3) is 10.9 Å². The first-order valence-electron chi connectivity index (χ1n) is 7.26. The fourth-order valence-electron chi connectivity index (χ4n) is 2.53. The van der Waals surface area contributed by atoms with Crippen molar-refractivity contribution in [1.82, 2.24) is 9.88 Å². The first-order chi connectivity index (χ1) is 10.0. The molecule has 2 rings (SSSR count). The van der Waals surface area contributed by atoms with Gasteiger partial charge < -0.3 is 15.6 Å². The van der Waals surface area contributed by atoms with Gasteiger partial charge in [0.1, 0.15) is 0 Å². The molecule has 1 aromatic heterocycles. The number of carbonyl (C=O) groups is 1. The van der Waals surface area contributed by atoms with Crippen molar-refractivity contribution in [2.24, 2.45) is 5.73 Å². The van der Waals surface area contributed by atoms with Crippen LogP contribution in [0.5, 0.6) is 0 Å². The normalized spacial score (nSPS) is 12.6. The summed E-state index contributed by atoms with van der Waals surface area (Å²) in [5.41, 5.74) is 8.28. The molecule has 0 radical (unpaired) electrons. The fourth-order valence-corrected chi connectivity index (χ4v) is 2.53. The van der Waals surface area contributed by atoms with Crippen LogP contribution in [0.15, 0.2) is 43.1 Å². The van der Waals surface area contributed by atoms with E-state index >= 15 is 0 Å². The molecule has 0 saturated heterocycles. The van der Waals surface area contributed by atoms with Gasteiger partial charge in [0.05, 0.1) is 6.04 Å². The van der Waals surface area contributed by atoms with Crippen LogP contribution in [-0.2, 0) is 11.2 Å². The van der Waals surface area contributed by atoms with Crippen molar-refractivity contribution in [2.45, 2.75) is 32.4 Å². The summed E-state index contributed by atoms with van der Waals surface area (Å²) in [4.78, 5) is 17.4. The van der Waals surface area contributed by atoms with Crippen LogP contribution in [0.2, 0.25) is 0 Å². The molecule has 0 aliphatic heterocycles. The van der Waals surface area contributed by atoms with Crippen LogP contribution < -0.4 is 5.73 Å². The maximum absolute atomic E-state index is 12.5. The zero-order chi connectivity index (χ0) is 15.4. The van der Waals surface area contributed by atoms with Gasteiger partial charge >= 0.3 is 0 Å². The van der Waals surface area contributed by atoms with Gasteiger partial charge in [0.2, 0.25) is 5.91 Å². The zero-order valence-corrected chi connectivity index (χ0v) is 12.7. The lowest BCUT2D eigenvalue weighted by atomic mass is 10.0. The Balaban J connectivity index is 2.15. The third kappa shape index (κ3) is 3.34. The van der Waals surface area contributed by atoms with E-state index in [1.165, 1.54) is 0 Å². The van der Waals surface area contributed by atoms with E-state index in [9.17, 15) is 4.79 Å². The summed E-state index contributed by atoms with van der Waals surface area (Å²) >= 11 is 0. The summed E-state index contributed by atoms with van der Waals surface area (Å²) in [6, 6.07) is 7.62. The number of fused-ring (bicyclic) bond motifs is 1. The maximum atomic E-state index is 12.5. The van der Waals surface area contributed by atoms with Crippen molar-refractivity contribution in [3.05, 3.63) is 48.7 Å². The number of carbonyl (C=O) groups excluding carboxylic acids is 1. The van der Waals surface area contributed by atoms with Crippen LogP contribution >= 0.6 is 0 Å². The van der Waals surface area contributed by atoms with Gasteiger partial charge in [-0.1, -0.05) is 24.3 Å². The number of benzene rings is 1. The maximum Gasteiger partial charge on any atom is 0.240 e. The number of hydrogen-bond acceptors (Lipinski definition) is 2. The number of H-pyrrole nitrogens is 1. The number of nitrogens with zero attached hydrogens (tertiary/aromatic N) is 1. The molecule has 0 aliphatic rings. The molecule has 21 heavy (non-hydrogen) atoms. The highest BCUT2D eigenvalue weighted by molar-refractivity contribution is 5.86. The standard InChI is InChI=1S/C17H23N3O/c1-4-9-20(12(2)3)17(21)15(18)10-13-11-19-16-8-6-5-7-14(13)16/h4-8,11-12,15,19H,1,9-10,18H2,2-3H3/t15-/m0/s1. The Hall–Kier alpha value is -2.07. The summed E-state index contributed by atoms with van der Waals surface area (Å²) in [7, 11) is 0. The monoisotopic (exact) mass is 285 g/mol. The molecule has 1 aromatic carbocycles. The largest absolute Gasteiger partial charge is 0.361 e. The third-order valence-electron chi connectivity index (χ3n) is 3.66. The van der Waals surface area contributed by atoms with E-state index in [1.54, 1.807) is 11.0 Å². The van der Waals surface area contributed by atoms with E-state index < -0.39 is 6.04 Å². The number of aromatic amines is 1. The molecular weight excluding hydrogens is 262 g/mol. The number of amides is 1. The molecule has 0 unspecified atom stereocenters. The zero-order valence-electron chi connectivity index (χ0n) is 12.7. The van der Waals surface area contributed by atoms with Crippen molar-refractivity contribution in [1.29, 1.82) is 0 Å². The van der Waals surface area contributed by atoms with E-state index in [4.69, 9.17) is 5.73 Å². The SMILES string of the molecule is C=CCN(C(=O)[C@@H](N)Cc1c[nH]c2ccccc12)C(C)C. The topological polar surface area (TPSA) is 62.1 Å². The summed E-state index contributed by atoms with van der Waals surface area (Å²) in [5.74, 6) is -0.0322. The van der Waals surface area contributed by atoms with Gasteiger partial charge in [0, 0.05) is 29.7 Å². The molecule has 0 aliphatic carbocycles. The van der Waals surface area contributed by atoms with Crippen LogP contribution in [0.3, 0.4) is 0 Å². The predicted molar refractivity (Wildman–Crippen MR) is 87.0 cm³/mol. The van der Waals surface area contributed by atoms with E-state index in [2.05, 4.69) is 11.6 Å². The lowest BCUT2D eigenvalue weighted by Gasteiger charge is -2.28. The third-order valence-corrected chi connectivity index (χ3v) is 3.66. The Morgan fingerprint density at radius 3 is 2.81 bits per heavy atom. The molecular formula is C17H23N3O. The molecule has 0 spiro atoms. The molecule has 2 aromatic rings. The van der Waals surface area contributed by atoms with Crippen molar-refractivity contribution in [3.63, 3.8) is 0 Å². The number of para-hydroxylation sites is 1.